The van der Waals surface area contributed by atoms with Crippen molar-refractivity contribution in [3.05, 3.63) is 36.2 Å². The normalized spacial score (nSPS) is 18.1. The summed E-state index contributed by atoms with van der Waals surface area (Å²) in [6.07, 6.45) is 5.60. The smallest absolute Gasteiger partial charge is 0.249 e. The highest BCUT2D eigenvalue weighted by Crippen LogP contribution is 2.31. The lowest BCUT2D eigenvalue weighted by atomic mass is 10.0. The molecule has 1 amide bonds. The van der Waals surface area contributed by atoms with E-state index in [4.69, 9.17) is 4.52 Å². The molecule has 0 radical (unpaired) electrons. The van der Waals surface area contributed by atoms with Crippen molar-refractivity contribution in [2.75, 3.05) is 6.54 Å². The summed E-state index contributed by atoms with van der Waals surface area (Å²) in [5.74, 6) is 1.36. The quantitative estimate of drug-likeness (QED) is 0.837. The van der Waals surface area contributed by atoms with Crippen LogP contribution in [0.2, 0.25) is 0 Å². The molecule has 2 aromatic rings. The van der Waals surface area contributed by atoms with E-state index in [9.17, 15) is 4.79 Å². The highest BCUT2D eigenvalue weighted by Gasteiger charge is 2.31. The van der Waals surface area contributed by atoms with Crippen LogP contribution < -0.4 is 0 Å². The molecule has 1 atom stereocenters. The van der Waals surface area contributed by atoms with E-state index < -0.39 is 0 Å². The van der Waals surface area contributed by atoms with Crippen molar-refractivity contribution in [1.29, 1.82) is 0 Å². The lowest BCUT2D eigenvalue weighted by Crippen LogP contribution is -2.38. The van der Waals surface area contributed by atoms with Crippen LogP contribution in [0.3, 0.4) is 0 Å². The van der Waals surface area contributed by atoms with E-state index >= 15 is 0 Å². The minimum atomic E-state index is -0.0712. The number of hydrogen-bond acceptors (Lipinski definition) is 4. The molecule has 0 unspecified atom stereocenters. The number of benzene rings is 1. The Morgan fingerprint density at radius 2 is 2.13 bits per heavy atom. The maximum absolute atomic E-state index is 12.5. The summed E-state index contributed by atoms with van der Waals surface area (Å²) in [5, 5.41) is 4.09. The van der Waals surface area contributed by atoms with E-state index in [1.165, 1.54) is 0 Å². The SMILES string of the molecule is CCCCC(=O)N1CCCC[C@H]1c1nc(-c2ccccc2)no1. The Bertz CT molecular complexity index is 639. The second-order valence-electron chi connectivity index (χ2n) is 6.02. The third-order valence-electron chi connectivity index (χ3n) is 4.33. The zero-order chi connectivity index (χ0) is 16.1. The van der Waals surface area contributed by atoms with E-state index in [2.05, 4.69) is 17.1 Å². The number of aromatic nitrogens is 2. The van der Waals surface area contributed by atoms with Crippen LogP contribution in [0.15, 0.2) is 34.9 Å². The molecule has 1 aromatic carbocycles. The fourth-order valence-electron chi connectivity index (χ4n) is 3.03. The van der Waals surface area contributed by atoms with Gasteiger partial charge in [0.15, 0.2) is 0 Å². The number of nitrogens with zero attached hydrogens (tertiary/aromatic N) is 3. The van der Waals surface area contributed by atoms with Gasteiger partial charge in [0.05, 0.1) is 0 Å². The van der Waals surface area contributed by atoms with Gasteiger partial charge in [-0.15, -0.1) is 0 Å². The molecule has 1 aliphatic rings. The van der Waals surface area contributed by atoms with Crippen molar-refractivity contribution in [2.45, 2.75) is 51.5 Å². The third-order valence-corrected chi connectivity index (χ3v) is 4.33. The second-order valence-corrected chi connectivity index (χ2v) is 6.02. The highest BCUT2D eigenvalue weighted by molar-refractivity contribution is 5.76. The molecule has 1 aromatic heterocycles. The summed E-state index contributed by atoms with van der Waals surface area (Å²) in [6.45, 7) is 2.89. The first-order valence-electron chi connectivity index (χ1n) is 8.48. The van der Waals surface area contributed by atoms with Crippen LogP contribution in [0.5, 0.6) is 0 Å². The van der Waals surface area contributed by atoms with Gasteiger partial charge in [-0.25, -0.2) is 0 Å². The maximum atomic E-state index is 12.5. The van der Waals surface area contributed by atoms with E-state index in [0.29, 0.717) is 18.1 Å². The lowest BCUT2D eigenvalue weighted by Gasteiger charge is -2.33. The Morgan fingerprint density at radius 3 is 2.91 bits per heavy atom. The first kappa shape index (κ1) is 15.7. The molecule has 2 heterocycles. The number of carbonyl (C=O) groups is 1. The zero-order valence-electron chi connectivity index (χ0n) is 13.6. The van der Waals surface area contributed by atoms with Gasteiger partial charge in [-0.2, -0.15) is 4.98 Å². The van der Waals surface area contributed by atoms with Gasteiger partial charge in [0.1, 0.15) is 6.04 Å². The Balaban J connectivity index is 1.78. The van der Waals surface area contributed by atoms with Gasteiger partial charge >= 0.3 is 0 Å². The summed E-state index contributed by atoms with van der Waals surface area (Å²) in [7, 11) is 0. The molecule has 0 bridgehead atoms. The molecule has 5 nitrogen and oxygen atoms in total. The van der Waals surface area contributed by atoms with Crippen molar-refractivity contribution in [2.24, 2.45) is 0 Å². The average molecular weight is 313 g/mol. The number of carbonyl (C=O) groups excluding carboxylic acids is 1. The molecule has 1 aliphatic heterocycles. The highest BCUT2D eigenvalue weighted by atomic mass is 16.5. The maximum Gasteiger partial charge on any atom is 0.249 e. The summed E-state index contributed by atoms with van der Waals surface area (Å²) < 4.78 is 5.49. The zero-order valence-corrected chi connectivity index (χ0v) is 13.6. The standard InChI is InChI=1S/C18H23N3O2/c1-2-3-12-16(22)21-13-8-7-11-15(21)18-19-17(20-23-18)14-9-5-4-6-10-14/h4-6,9-10,15H,2-3,7-8,11-13H2,1H3/t15-/m0/s1. The third kappa shape index (κ3) is 3.60. The summed E-state index contributed by atoms with van der Waals surface area (Å²) in [6, 6.07) is 9.70. The molecule has 23 heavy (non-hydrogen) atoms. The van der Waals surface area contributed by atoms with E-state index in [1.807, 2.05) is 35.2 Å². The summed E-state index contributed by atoms with van der Waals surface area (Å²) >= 11 is 0. The van der Waals surface area contributed by atoms with Gasteiger partial charge in [0.25, 0.3) is 0 Å². The molecule has 0 spiro atoms. The second kappa shape index (κ2) is 7.40. The largest absolute Gasteiger partial charge is 0.337 e. The number of amides is 1. The monoisotopic (exact) mass is 313 g/mol. The Morgan fingerprint density at radius 1 is 1.30 bits per heavy atom. The molecule has 1 saturated heterocycles. The van der Waals surface area contributed by atoms with E-state index in [1.54, 1.807) is 0 Å². The van der Waals surface area contributed by atoms with Crippen LogP contribution in [-0.4, -0.2) is 27.5 Å². The minimum Gasteiger partial charge on any atom is -0.337 e. The van der Waals surface area contributed by atoms with Crippen molar-refractivity contribution in [3.63, 3.8) is 0 Å². The Hall–Kier alpha value is -2.17. The topological polar surface area (TPSA) is 59.2 Å². The average Bonchev–Trinajstić information content (AvgIpc) is 3.10. The molecular weight excluding hydrogens is 290 g/mol. The molecule has 0 N–H and O–H groups in total. The van der Waals surface area contributed by atoms with Crippen LogP contribution in [0.1, 0.15) is 57.4 Å². The fourth-order valence-corrected chi connectivity index (χ4v) is 3.03. The summed E-state index contributed by atoms with van der Waals surface area (Å²) in [5.41, 5.74) is 0.933. The van der Waals surface area contributed by atoms with Crippen molar-refractivity contribution in [1.82, 2.24) is 15.0 Å². The van der Waals surface area contributed by atoms with Crippen LogP contribution >= 0.6 is 0 Å². The van der Waals surface area contributed by atoms with Gasteiger partial charge in [0, 0.05) is 18.5 Å². The predicted octanol–water partition coefficient (Wildman–Crippen LogP) is 3.98. The van der Waals surface area contributed by atoms with Crippen LogP contribution in [0.25, 0.3) is 11.4 Å². The Labute approximate surface area is 136 Å². The lowest BCUT2D eigenvalue weighted by molar-refractivity contribution is -0.135. The molecule has 122 valence electrons. The Kier molecular flexibility index (Phi) is 5.05. The van der Waals surface area contributed by atoms with Crippen molar-refractivity contribution < 1.29 is 9.32 Å². The van der Waals surface area contributed by atoms with Crippen molar-refractivity contribution in [3.8, 4) is 11.4 Å². The van der Waals surface area contributed by atoms with Crippen LogP contribution in [-0.2, 0) is 4.79 Å². The molecule has 1 fully saturated rings. The minimum absolute atomic E-state index is 0.0712. The predicted molar refractivity (Wildman–Crippen MR) is 87.6 cm³/mol. The fraction of sp³-hybridized carbons (Fsp3) is 0.500. The van der Waals surface area contributed by atoms with E-state index in [0.717, 1.165) is 44.2 Å². The van der Waals surface area contributed by atoms with Crippen molar-refractivity contribution >= 4 is 5.91 Å². The first-order valence-corrected chi connectivity index (χ1v) is 8.48. The molecular formula is C18H23N3O2. The van der Waals surface area contributed by atoms with Crippen LogP contribution in [0, 0.1) is 0 Å². The number of rotatable bonds is 5. The molecule has 0 saturated carbocycles. The summed E-state index contributed by atoms with van der Waals surface area (Å²) in [4.78, 5) is 18.9. The first-order chi connectivity index (χ1) is 11.3. The number of hydrogen-bond donors (Lipinski definition) is 0. The van der Waals surface area contributed by atoms with Crippen LogP contribution in [0.4, 0.5) is 0 Å². The van der Waals surface area contributed by atoms with Gasteiger partial charge in [-0.1, -0.05) is 48.8 Å². The van der Waals surface area contributed by atoms with Gasteiger partial charge in [-0.05, 0) is 25.7 Å². The molecule has 0 aliphatic carbocycles. The molecule has 5 heteroatoms. The van der Waals surface area contributed by atoms with Gasteiger partial charge < -0.3 is 9.42 Å². The van der Waals surface area contributed by atoms with Gasteiger partial charge in [-0.3, -0.25) is 4.79 Å². The number of piperidine rings is 1. The number of unbranched alkanes of at least 4 members (excludes halogenated alkanes) is 1. The van der Waals surface area contributed by atoms with E-state index in [-0.39, 0.29) is 11.9 Å². The molecule has 3 rings (SSSR count). The number of likely N-dealkylation sites (tertiary alicyclic amines) is 1. The van der Waals surface area contributed by atoms with Gasteiger partial charge in [0.2, 0.25) is 17.6 Å².